The molecule has 80 valence electrons. The largest absolute Gasteiger partial charge is 0.481 e. The first-order chi connectivity index (χ1) is 6.39. The number of hydrogen-bond acceptors (Lipinski definition) is 3. The molecule has 1 aliphatic rings. The van der Waals surface area contributed by atoms with E-state index in [0.29, 0.717) is 5.71 Å². The van der Waals surface area contributed by atoms with Gasteiger partial charge in [-0.1, -0.05) is 19.0 Å². The minimum Gasteiger partial charge on any atom is -0.481 e. The molecule has 0 unspecified atom stereocenters. The summed E-state index contributed by atoms with van der Waals surface area (Å²) in [6, 6.07) is 0. The summed E-state index contributed by atoms with van der Waals surface area (Å²) in [5.74, 6) is -0.335. The molecule has 0 bridgehead atoms. The monoisotopic (exact) mass is 199 g/mol. The Balaban J connectivity index is 2.63. The summed E-state index contributed by atoms with van der Waals surface area (Å²) in [5, 5.41) is 20.5. The van der Waals surface area contributed by atoms with E-state index >= 15 is 0 Å². The number of hydrogen-bond donors (Lipinski definition) is 2. The lowest BCUT2D eigenvalue weighted by Gasteiger charge is -2.51. The van der Waals surface area contributed by atoms with Crippen molar-refractivity contribution in [3.63, 3.8) is 0 Å². The molecule has 1 saturated carbocycles. The zero-order valence-electron chi connectivity index (χ0n) is 8.82. The van der Waals surface area contributed by atoms with Crippen molar-refractivity contribution in [1.82, 2.24) is 0 Å². The van der Waals surface area contributed by atoms with E-state index in [1.807, 2.05) is 13.8 Å². The quantitative estimate of drug-likeness (QED) is 0.415. The van der Waals surface area contributed by atoms with Crippen LogP contribution >= 0.6 is 0 Å². The first-order valence-electron chi connectivity index (χ1n) is 4.80. The average Bonchev–Trinajstić information content (AvgIpc) is 2.10. The van der Waals surface area contributed by atoms with Gasteiger partial charge < -0.3 is 10.3 Å². The third-order valence-corrected chi connectivity index (χ3v) is 3.55. The fourth-order valence-corrected chi connectivity index (χ4v) is 2.35. The molecular formula is C10H17NO3. The Morgan fingerprint density at radius 2 is 2.14 bits per heavy atom. The Morgan fingerprint density at radius 1 is 1.57 bits per heavy atom. The maximum absolute atomic E-state index is 10.6. The molecule has 0 radical (unpaired) electrons. The van der Waals surface area contributed by atoms with E-state index in [4.69, 9.17) is 10.3 Å². The Morgan fingerprint density at radius 3 is 2.50 bits per heavy atom. The van der Waals surface area contributed by atoms with Gasteiger partial charge in [-0.05, 0) is 24.7 Å². The molecule has 1 aliphatic carbocycles. The molecule has 0 aromatic carbocycles. The molecular weight excluding hydrogens is 182 g/mol. The van der Waals surface area contributed by atoms with Gasteiger partial charge in [-0.25, -0.2) is 0 Å². The zero-order valence-corrected chi connectivity index (χ0v) is 8.82. The van der Waals surface area contributed by atoms with Crippen LogP contribution in [0.3, 0.4) is 0 Å². The number of carboxylic acids is 1. The molecule has 0 amide bonds. The highest BCUT2D eigenvalue weighted by molar-refractivity contribution is 5.85. The molecule has 0 heterocycles. The van der Waals surface area contributed by atoms with Crippen LogP contribution in [0.4, 0.5) is 0 Å². The fourth-order valence-electron chi connectivity index (χ4n) is 2.35. The lowest BCUT2D eigenvalue weighted by atomic mass is 9.52. The standard InChI is InChI=1S/C10H17NO3/c1-6(11-14)8-4-7(5-9(12)13)10(8,2)3/h7-8,14H,4-5H2,1-3H3,(H,12,13)/t7-,8+/m1/s1. The lowest BCUT2D eigenvalue weighted by molar-refractivity contribution is -0.142. The topological polar surface area (TPSA) is 69.9 Å². The second-order valence-electron chi connectivity index (χ2n) is 4.65. The average molecular weight is 199 g/mol. The molecule has 0 aromatic rings. The van der Waals surface area contributed by atoms with Gasteiger partial charge in [-0.2, -0.15) is 0 Å². The Bertz CT molecular complexity index is 271. The third-order valence-electron chi connectivity index (χ3n) is 3.55. The van der Waals surface area contributed by atoms with E-state index in [0.717, 1.165) is 6.42 Å². The van der Waals surface area contributed by atoms with Gasteiger partial charge in [0.25, 0.3) is 0 Å². The summed E-state index contributed by atoms with van der Waals surface area (Å²) in [5.41, 5.74) is 0.644. The minimum absolute atomic E-state index is 0.0608. The van der Waals surface area contributed by atoms with Crippen molar-refractivity contribution in [3.8, 4) is 0 Å². The van der Waals surface area contributed by atoms with E-state index in [1.165, 1.54) is 0 Å². The molecule has 1 rings (SSSR count). The molecule has 0 aliphatic heterocycles. The van der Waals surface area contributed by atoms with Gasteiger partial charge >= 0.3 is 5.97 Å². The van der Waals surface area contributed by atoms with Crippen LogP contribution in [-0.2, 0) is 4.79 Å². The number of oxime groups is 1. The van der Waals surface area contributed by atoms with Crippen LogP contribution in [-0.4, -0.2) is 22.0 Å². The van der Waals surface area contributed by atoms with Crippen molar-refractivity contribution in [1.29, 1.82) is 0 Å². The van der Waals surface area contributed by atoms with Crippen LogP contribution in [0.15, 0.2) is 5.16 Å². The minimum atomic E-state index is -0.750. The first kappa shape index (κ1) is 11.0. The summed E-state index contributed by atoms with van der Waals surface area (Å²) in [7, 11) is 0. The van der Waals surface area contributed by atoms with Gasteiger partial charge in [-0.15, -0.1) is 0 Å². The molecule has 0 spiro atoms. The number of carboxylic acid groups (broad SMARTS) is 1. The van der Waals surface area contributed by atoms with E-state index in [-0.39, 0.29) is 23.7 Å². The van der Waals surface area contributed by atoms with Crippen molar-refractivity contribution >= 4 is 11.7 Å². The maximum Gasteiger partial charge on any atom is 0.303 e. The molecule has 2 N–H and O–H groups in total. The fraction of sp³-hybridized carbons (Fsp3) is 0.800. The van der Waals surface area contributed by atoms with E-state index in [1.54, 1.807) is 6.92 Å². The summed E-state index contributed by atoms with van der Waals surface area (Å²) in [6.45, 7) is 5.84. The van der Waals surface area contributed by atoms with Crippen LogP contribution in [0.5, 0.6) is 0 Å². The maximum atomic E-state index is 10.6. The van der Waals surface area contributed by atoms with Gasteiger partial charge in [0, 0.05) is 12.3 Å². The Labute approximate surface area is 83.6 Å². The van der Waals surface area contributed by atoms with E-state index < -0.39 is 5.97 Å². The van der Waals surface area contributed by atoms with Gasteiger partial charge in [-0.3, -0.25) is 4.79 Å². The van der Waals surface area contributed by atoms with Gasteiger partial charge in [0.1, 0.15) is 0 Å². The van der Waals surface area contributed by atoms with E-state index in [9.17, 15) is 4.79 Å². The predicted octanol–water partition coefficient (Wildman–Crippen LogP) is 1.97. The van der Waals surface area contributed by atoms with Crippen LogP contribution < -0.4 is 0 Å². The van der Waals surface area contributed by atoms with Crippen molar-refractivity contribution in [2.75, 3.05) is 0 Å². The highest BCUT2D eigenvalue weighted by atomic mass is 16.4. The molecule has 0 saturated heterocycles. The Hall–Kier alpha value is -1.06. The van der Waals surface area contributed by atoms with Crippen molar-refractivity contribution < 1.29 is 15.1 Å². The Kier molecular flexibility index (Phi) is 2.83. The normalized spacial score (nSPS) is 30.9. The van der Waals surface area contributed by atoms with Crippen molar-refractivity contribution in [2.24, 2.45) is 22.4 Å². The molecule has 4 heteroatoms. The summed E-state index contributed by atoms with van der Waals surface area (Å²) in [6.07, 6.45) is 1.03. The molecule has 1 fully saturated rings. The van der Waals surface area contributed by atoms with Crippen molar-refractivity contribution in [3.05, 3.63) is 0 Å². The highest BCUT2D eigenvalue weighted by Gasteiger charge is 2.49. The number of nitrogens with zero attached hydrogens (tertiary/aromatic N) is 1. The van der Waals surface area contributed by atoms with Gasteiger partial charge in [0.05, 0.1) is 5.71 Å². The first-order valence-corrected chi connectivity index (χ1v) is 4.80. The number of rotatable bonds is 3. The van der Waals surface area contributed by atoms with Crippen LogP contribution in [0.25, 0.3) is 0 Å². The zero-order chi connectivity index (χ0) is 10.9. The lowest BCUT2D eigenvalue weighted by Crippen LogP contribution is -2.48. The third kappa shape index (κ3) is 1.74. The smallest absolute Gasteiger partial charge is 0.303 e. The predicted molar refractivity (Wildman–Crippen MR) is 52.5 cm³/mol. The van der Waals surface area contributed by atoms with Gasteiger partial charge in [0.2, 0.25) is 0 Å². The molecule has 2 atom stereocenters. The molecule has 14 heavy (non-hydrogen) atoms. The van der Waals surface area contributed by atoms with Crippen molar-refractivity contribution in [2.45, 2.75) is 33.6 Å². The number of aliphatic carboxylic acids is 1. The SMILES string of the molecule is CC(=NO)[C@@H]1C[C@H](CC(=O)O)C1(C)C. The van der Waals surface area contributed by atoms with E-state index in [2.05, 4.69) is 5.16 Å². The number of carbonyl (C=O) groups is 1. The molecule has 4 nitrogen and oxygen atoms in total. The summed E-state index contributed by atoms with van der Waals surface area (Å²) < 4.78 is 0. The van der Waals surface area contributed by atoms with Gasteiger partial charge in [0.15, 0.2) is 0 Å². The van der Waals surface area contributed by atoms with Crippen LogP contribution in [0.1, 0.15) is 33.6 Å². The second-order valence-corrected chi connectivity index (χ2v) is 4.65. The van der Waals surface area contributed by atoms with Crippen LogP contribution in [0, 0.1) is 17.3 Å². The highest BCUT2D eigenvalue weighted by Crippen LogP contribution is 2.53. The summed E-state index contributed by atoms with van der Waals surface area (Å²) >= 11 is 0. The second kappa shape index (κ2) is 3.59. The summed E-state index contributed by atoms with van der Waals surface area (Å²) in [4.78, 5) is 10.6. The van der Waals surface area contributed by atoms with Crippen LogP contribution in [0.2, 0.25) is 0 Å². The molecule has 0 aromatic heterocycles.